The molecule has 0 saturated carbocycles. The number of hydrogen-bond acceptors (Lipinski definition) is 4. The Kier molecular flexibility index (Phi) is 5.48. The van der Waals surface area contributed by atoms with Gasteiger partial charge in [0.1, 0.15) is 13.0 Å². The van der Waals surface area contributed by atoms with Crippen LogP contribution < -0.4 is 5.32 Å². The summed E-state index contributed by atoms with van der Waals surface area (Å²) in [6, 6.07) is 15.8. The number of anilines is 1. The highest BCUT2D eigenvalue weighted by molar-refractivity contribution is 5.93. The van der Waals surface area contributed by atoms with Crippen LogP contribution in [-0.4, -0.2) is 11.9 Å². The minimum absolute atomic E-state index is 0.208. The number of aryl methyl sites for hydroxylation is 1. The van der Waals surface area contributed by atoms with Gasteiger partial charge in [0, 0.05) is 5.69 Å². The summed E-state index contributed by atoms with van der Waals surface area (Å²) >= 11 is 0. The van der Waals surface area contributed by atoms with Crippen molar-refractivity contribution < 1.29 is 14.3 Å². The first-order chi connectivity index (χ1) is 11.1. The summed E-state index contributed by atoms with van der Waals surface area (Å²) in [5.74, 6) is -0.816. The van der Waals surface area contributed by atoms with Crippen molar-refractivity contribution in [2.24, 2.45) is 0 Å². The molecule has 2 aromatic rings. The van der Waals surface area contributed by atoms with Crippen LogP contribution in [0.1, 0.15) is 27.9 Å². The lowest BCUT2D eigenvalue weighted by atomic mass is 10.1. The van der Waals surface area contributed by atoms with Gasteiger partial charge in [-0.25, -0.2) is 4.79 Å². The lowest BCUT2D eigenvalue weighted by Crippen LogP contribution is -2.10. The molecule has 5 heteroatoms. The van der Waals surface area contributed by atoms with Crippen LogP contribution in [-0.2, 0) is 16.1 Å². The molecule has 0 aliphatic carbocycles. The Balaban J connectivity index is 1.92. The van der Waals surface area contributed by atoms with Crippen LogP contribution in [0, 0.1) is 18.3 Å². The third-order valence-electron chi connectivity index (χ3n) is 3.10. The van der Waals surface area contributed by atoms with Crippen molar-refractivity contribution in [3.05, 3.63) is 65.2 Å². The fraction of sp³-hybridized carbons (Fsp3) is 0.167. The number of carbonyl (C=O) groups excluding carboxylic acids is 2. The third-order valence-corrected chi connectivity index (χ3v) is 3.10. The maximum atomic E-state index is 12.0. The van der Waals surface area contributed by atoms with Crippen molar-refractivity contribution in [1.82, 2.24) is 0 Å². The van der Waals surface area contributed by atoms with E-state index in [2.05, 4.69) is 5.32 Å². The number of hydrogen-bond donors (Lipinski definition) is 1. The maximum absolute atomic E-state index is 12.0. The quantitative estimate of drug-likeness (QED) is 0.860. The molecule has 0 atom stereocenters. The first-order valence-corrected chi connectivity index (χ1v) is 7.08. The highest BCUT2D eigenvalue weighted by Crippen LogP contribution is 2.12. The van der Waals surface area contributed by atoms with Crippen LogP contribution >= 0.6 is 0 Å². The monoisotopic (exact) mass is 308 g/mol. The second-order valence-corrected chi connectivity index (χ2v) is 5.03. The molecule has 0 heterocycles. The number of esters is 1. The van der Waals surface area contributed by atoms with E-state index in [-0.39, 0.29) is 18.9 Å². The highest BCUT2D eigenvalue weighted by Gasteiger charge is 2.08. The lowest BCUT2D eigenvalue weighted by molar-refractivity contribution is -0.115. The maximum Gasteiger partial charge on any atom is 0.338 e. The van der Waals surface area contributed by atoms with Gasteiger partial charge in [0.25, 0.3) is 0 Å². The molecule has 1 amide bonds. The number of nitrogens with zero attached hydrogens (tertiary/aromatic N) is 1. The Morgan fingerprint density at radius 1 is 1.17 bits per heavy atom. The third kappa shape index (κ3) is 4.97. The average Bonchev–Trinajstić information content (AvgIpc) is 2.53. The summed E-state index contributed by atoms with van der Waals surface area (Å²) in [5.41, 5.74) is 2.96. The van der Waals surface area contributed by atoms with Crippen molar-refractivity contribution >= 4 is 17.6 Å². The highest BCUT2D eigenvalue weighted by atomic mass is 16.5. The predicted octanol–water partition coefficient (Wildman–Crippen LogP) is 3.20. The topological polar surface area (TPSA) is 79.2 Å². The molecule has 1 N–H and O–H groups in total. The molecule has 5 nitrogen and oxygen atoms in total. The smallest absolute Gasteiger partial charge is 0.338 e. The van der Waals surface area contributed by atoms with E-state index < -0.39 is 5.97 Å². The first kappa shape index (κ1) is 16.2. The molecule has 23 heavy (non-hydrogen) atoms. The number of carbonyl (C=O) groups is 2. The minimum Gasteiger partial charge on any atom is -0.457 e. The molecule has 2 aromatic carbocycles. The van der Waals surface area contributed by atoms with Gasteiger partial charge >= 0.3 is 5.97 Å². The van der Waals surface area contributed by atoms with Crippen LogP contribution in [0.4, 0.5) is 5.69 Å². The number of nitriles is 1. The van der Waals surface area contributed by atoms with Gasteiger partial charge in [-0.3, -0.25) is 4.79 Å². The van der Waals surface area contributed by atoms with Crippen molar-refractivity contribution in [1.29, 1.82) is 5.26 Å². The minimum atomic E-state index is -0.429. The van der Waals surface area contributed by atoms with E-state index in [1.165, 1.54) is 0 Å². The summed E-state index contributed by atoms with van der Waals surface area (Å²) < 4.78 is 5.26. The fourth-order valence-corrected chi connectivity index (χ4v) is 2.00. The van der Waals surface area contributed by atoms with E-state index in [0.717, 1.165) is 11.1 Å². The van der Waals surface area contributed by atoms with Crippen LogP contribution in [0.2, 0.25) is 0 Å². The molecular formula is C18H16N2O3. The standard InChI is InChI=1S/C18H16N2O3/c1-13-3-2-4-14(11-13)12-23-18(22)15-5-7-16(8-6-15)20-17(21)9-10-19/h2-8,11H,9,12H2,1H3,(H,20,21). The van der Waals surface area contributed by atoms with Gasteiger partial charge in [0.05, 0.1) is 11.6 Å². The molecule has 0 aromatic heterocycles. The zero-order valence-electron chi connectivity index (χ0n) is 12.7. The summed E-state index contributed by atoms with van der Waals surface area (Å²) in [6.45, 7) is 2.19. The van der Waals surface area contributed by atoms with Crippen LogP contribution in [0.3, 0.4) is 0 Å². The van der Waals surface area contributed by atoms with Crippen molar-refractivity contribution in [2.45, 2.75) is 20.0 Å². The summed E-state index contributed by atoms with van der Waals surface area (Å²) in [6.07, 6.45) is -0.208. The Hall–Kier alpha value is -3.13. The lowest BCUT2D eigenvalue weighted by Gasteiger charge is -2.07. The Morgan fingerprint density at radius 2 is 1.91 bits per heavy atom. The molecule has 0 aliphatic heterocycles. The van der Waals surface area contributed by atoms with Crippen LogP contribution in [0.5, 0.6) is 0 Å². The molecule has 0 aliphatic rings. The molecule has 0 bridgehead atoms. The zero-order chi connectivity index (χ0) is 16.7. The van der Waals surface area contributed by atoms with Gasteiger partial charge in [-0.05, 0) is 36.8 Å². The summed E-state index contributed by atoms with van der Waals surface area (Å²) in [7, 11) is 0. The van der Waals surface area contributed by atoms with Gasteiger partial charge in [-0.1, -0.05) is 29.8 Å². The van der Waals surface area contributed by atoms with Crippen LogP contribution in [0.15, 0.2) is 48.5 Å². The Morgan fingerprint density at radius 3 is 2.57 bits per heavy atom. The summed E-state index contributed by atoms with van der Waals surface area (Å²) in [5, 5.41) is 11.0. The number of benzene rings is 2. The van der Waals surface area contributed by atoms with Crippen molar-refractivity contribution in [3.8, 4) is 6.07 Å². The van der Waals surface area contributed by atoms with E-state index in [1.807, 2.05) is 31.2 Å². The summed E-state index contributed by atoms with van der Waals surface area (Å²) in [4.78, 5) is 23.3. The predicted molar refractivity (Wildman–Crippen MR) is 85.6 cm³/mol. The first-order valence-electron chi connectivity index (χ1n) is 7.08. The van der Waals surface area contributed by atoms with E-state index in [4.69, 9.17) is 10.00 Å². The van der Waals surface area contributed by atoms with Crippen molar-refractivity contribution in [3.63, 3.8) is 0 Å². The normalized spacial score (nSPS) is 9.74. The second kappa shape index (κ2) is 7.76. The van der Waals surface area contributed by atoms with Gasteiger partial charge in [0.2, 0.25) is 5.91 Å². The number of ether oxygens (including phenoxy) is 1. The Labute approximate surface area is 134 Å². The number of amides is 1. The zero-order valence-corrected chi connectivity index (χ0v) is 12.7. The molecule has 0 spiro atoms. The molecule has 0 fully saturated rings. The van der Waals surface area contributed by atoms with Gasteiger partial charge in [-0.2, -0.15) is 5.26 Å². The van der Waals surface area contributed by atoms with Gasteiger partial charge < -0.3 is 10.1 Å². The van der Waals surface area contributed by atoms with Gasteiger partial charge in [-0.15, -0.1) is 0 Å². The second-order valence-electron chi connectivity index (χ2n) is 5.03. The van der Waals surface area contributed by atoms with Crippen molar-refractivity contribution in [2.75, 3.05) is 5.32 Å². The molecule has 0 radical (unpaired) electrons. The van der Waals surface area contributed by atoms with E-state index in [1.54, 1.807) is 30.3 Å². The number of rotatable bonds is 5. The van der Waals surface area contributed by atoms with E-state index in [9.17, 15) is 9.59 Å². The molecule has 2 rings (SSSR count). The molecule has 0 saturated heterocycles. The van der Waals surface area contributed by atoms with Gasteiger partial charge in [0.15, 0.2) is 0 Å². The Bertz CT molecular complexity index is 746. The SMILES string of the molecule is Cc1cccc(COC(=O)c2ccc(NC(=O)CC#N)cc2)c1. The number of nitrogens with one attached hydrogen (secondary N) is 1. The van der Waals surface area contributed by atoms with E-state index in [0.29, 0.717) is 11.3 Å². The average molecular weight is 308 g/mol. The van der Waals surface area contributed by atoms with E-state index >= 15 is 0 Å². The molecule has 116 valence electrons. The molecule has 0 unspecified atom stereocenters. The largest absolute Gasteiger partial charge is 0.457 e. The fourth-order valence-electron chi connectivity index (χ4n) is 2.00. The van der Waals surface area contributed by atoms with Crippen LogP contribution in [0.25, 0.3) is 0 Å². The molecular weight excluding hydrogens is 292 g/mol.